The lowest BCUT2D eigenvalue weighted by molar-refractivity contribution is 0.102. The van der Waals surface area contributed by atoms with Gasteiger partial charge in [0.2, 0.25) is 0 Å². The van der Waals surface area contributed by atoms with E-state index in [1.807, 2.05) is 24.3 Å². The van der Waals surface area contributed by atoms with E-state index in [1.54, 1.807) is 12.1 Å². The number of carbonyl (C=O) groups excluding carboxylic acids is 1. The van der Waals surface area contributed by atoms with Crippen molar-refractivity contribution in [1.29, 1.82) is 0 Å². The van der Waals surface area contributed by atoms with Crippen LogP contribution in [0.5, 0.6) is 0 Å². The number of aromatic nitrogens is 1. The van der Waals surface area contributed by atoms with Crippen LogP contribution < -0.4 is 10.6 Å². The Balaban J connectivity index is 1.31. The second-order valence-electron chi connectivity index (χ2n) is 8.16. The molecule has 2 aliphatic rings. The molecule has 1 aliphatic heterocycles. The third-order valence-corrected chi connectivity index (χ3v) is 6.44. The smallest absolute Gasteiger partial charge is 0.258 e. The van der Waals surface area contributed by atoms with Crippen LogP contribution in [0.1, 0.15) is 48.9 Å². The van der Waals surface area contributed by atoms with E-state index >= 15 is 0 Å². The second-order valence-corrected chi connectivity index (χ2v) is 8.60. The Morgan fingerprint density at radius 2 is 1.83 bits per heavy atom. The Morgan fingerprint density at radius 3 is 2.55 bits per heavy atom. The van der Waals surface area contributed by atoms with Crippen LogP contribution in [0.2, 0.25) is 5.02 Å². The van der Waals surface area contributed by atoms with E-state index in [2.05, 4.69) is 20.5 Å². The maximum absolute atomic E-state index is 12.7. The van der Waals surface area contributed by atoms with Crippen LogP contribution in [0, 0.1) is 5.92 Å². The van der Waals surface area contributed by atoms with Gasteiger partial charge < -0.3 is 15.5 Å². The molecule has 2 fully saturated rings. The molecule has 154 valence electrons. The molecule has 6 heteroatoms. The molecule has 1 saturated carbocycles. The van der Waals surface area contributed by atoms with Gasteiger partial charge in [-0.15, -0.1) is 0 Å². The summed E-state index contributed by atoms with van der Waals surface area (Å²) in [7, 11) is 0. The molecule has 5 nitrogen and oxygen atoms in total. The first-order valence-electron chi connectivity index (χ1n) is 10.7. The highest BCUT2D eigenvalue weighted by Gasteiger charge is 2.27. The number of hydrogen-bond acceptors (Lipinski definition) is 4. The van der Waals surface area contributed by atoms with Gasteiger partial charge in [-0.3, -0.25) is 4.79 Å². The Labute approximate surface area is 177 Å². The van der Waals surface area contributed by atoms with E-state index < -0.39 is 0 Å². The monoisotopic (exact) mass is 412 g/mol. The molecule has 1 amide bonds. The van der Waals surface area contributed by atoms with Gasteiger partial charge in [0.25, 0.3) is 5.91 Å². The van der Waals surface area contributed by atoms with E-state index in [9.17, 15) is 4.79 Å². The predicted molar refractivity (Wildman–Crippen MR) is 119 cm³/mol. The van der Waals surface area contributed by atoms with E-state index in [0.717, 1.165) is 18.3 Å². The van der Waals surface area contributed by atoms with Crippen LogP contribution in [0.3, 0.4) is 0 Å². The van der Waals surface area contributed by atoms with Crippen LogP contribution in [-0.4, -0.2) is 41.5 Å². The lowest BCUT2D eigenvalue weighted by Gasteiger charge is -2.36. The molecule has 0 bridgehead atoms. The first-order valence-corrected chi connectivity index (χ1v) is 11.1. The number of likely N-dealkylation sites (tertiary alicyclic amines) is 1. The summed E-state index contributed by atoms with van der Waals surface area (Å²) in [6.45, 7) is 3.32. The Hall–Kier alpha value is -2.11. The molecular weight excluding hydrogens is 384 g/mol. The zero-order chi connectivity index (χ0) is 20.1. The van der Waals surface area contributed by atoms with Crippen molar-refractivity contribution in [3.8, 4) is 0 Å². The molecular formula is C23H29ClN4O. The summed E-state index contributed by atoms with van der Waals surface area (Å²) in [4.78, 5) is 19.6. The highest BCUT2D eigenvalue weighted by atomic mass is 35.5. The predicted octanol–water partition coefficient (Wildman–Crippen LogP) is 5.05. The highest BCUT2D eigenvalue weighted by molar-refractivity contribution is 6.30. The lowest BCUT2D eigenvalue weighted by Crippen LogP contribution is -2.41. The number of rotatable bonds is 6. The molecule has 1 aromatic heterocycles. The normalized spacial score (nSPS) is 18.7. The topological polar surface area (TPSA) is 57.3 Å². The first-order chi connectivity index (χ1) is 14.2. The van der Waals surface area contributed by atoms with Crippen LogP contribution in [0.4, 0.5) is 11.5 Å². The molecule has 1 aromatic carbocycles. The molecule has 29 heavy (non-hydrogen) atoms. The van der Waals surface area contributed by atoms with Crippen molar-refractivity contribution in [3.05, 3.63) is 53.2 Å². The summed E-state index contributed by atoms with van der Waals surface area (Å²) in [5.41, 5.74) is 1.50. The average Bonchev–Trinajstić information content (AvgIpc) is 3.29. The van der Waals surface area contributed by atoms with Crippen molar-refractivity contribution in [2.24, 2.45) is 5.92 Å². The number of amides is 1. The fraction of sp³-hybridized carbons (Fsp3) is 0.478. The molecule has 0 spiro atoms. The molecule has 0 radical (unpaired) electrons. The number of halogens is 1. The maximum atomic E-state index is 12.7. The van der Waals surface area contributed by atoms with E-state index in [1.165, 1.54) is 57.8 Å². The van der Waals surface area contributed by atoms with Gasteiger partial charge in [0, 0.05) is 24.5 Å². The number of nitrogens with one attached hydrogen (secondary N) is 2. The van der Waals surface area contributed by atoms with Gasteiger partial charge in [-0.1, -0.05) is 36.6 Å². The largest absolute Gasteiger partial charge is 0.384 e. The zero-order valence-electron chi connectivity index (χ0n) is 16.7. The summed E-state index contributed by atoms with van der Waals surface area (Å²) < 4.78 is 0. The summed E-state index contributed by atoms with van der Waals surface area (Å²) in [5, 5.41) is 6.91. The third kappa shape index (κ3) is 5.28. The molecule has 2 N–H and O–H groups in total. The van der Waals surface area contributed by atoms with Crippen LogP contribution in [0.15, 0.2) is 42.6 Å². The Kier molecular flexibility index (Phi) is 6.67. The maximum Gasteiger partial charge on any atom is 0.258 e. The number of carbonyl (C=O) groups is 1. The molecule has 0 atom stereocenters. The number of pyridine rings is 1. The van der Waals surface area contributed by atoms with Crippen molar-refractivity contribution in [3.63, 3.8) is 0 Å². The third-order valence-electron chi connectivity index (χ3n) is 6.21. The quantitative estimate of drug-likeness (QED) is 0.696. The van der Waals surface area contributed by atoms with E-state index in [-0.39, 0.29) is 5.91 Å². The minimum Gasteiger partial charge on any atom is -0.384 e. The number of piperidine rings is 1. The fourth-order valence-corrected chi connectivity index (χ4v) is 4.63. The SMILES string of the molecule is O=C(Nc1ccc(Cl)cn1)c1ccccc1NCC1CCN(C2CCCC2)CC1. The Morgan fingerprint density at radius 1 is 1.07 bits per heavy atom. The molecule has 0 unspecified atom stereocenters. The average molecular weight is 413 g/mol. The second kappa shape index (κ2) is 9.59. The van der Waals surface area contributed by atoms with Crippen molar-refractivity contribution in [2.45, 2.75) is 44.6 Å². The summed E-state index contributed by atoms with van der Waals surface area (Å²) >= 11 is 5.86. The number of anilines is 2. The van der Waals surface area contributed by atoms with Crippen LogP contribution in [-0.2, 0) is 0 Å². The summed E-state index contributed by atoms with van der Waals surface area (Å²) in [6.07, 6.45) is 9.55. The van der Waals surface area contributed by atoms with E-state index in [4.69, 9.17) is 11.6 Å². The zero-order valence-corrected chi connectivity index (χ0v) is 17.5. The van der Waals surface area contributed by atoms with Gasteiger partial charge in [-0.05, 0) is 69.0 Å². The van der Waals surface area contributed by atoms with Crippen molar-refractivity contribution in [2.75, 3.05) is 30.3 Å². The number of benzene rings is 1. The number of hydrogen-bond donors (Lipinski definition) is 2. The van der Waals surface area contributed by atoms with Crippen LogP contribution >= 0.6 is 11.6 Å². The number of nitrogens with zero attached hydrogens (tertiary/aromatic N) is 2. The van der Waals surface area contributed by atoms with Gasteiger partial charge >= 0.3 is 0 Å². The minimum absolute atomic E-state index is 0.168. The minimum atomic E-state index is -0.168. The molecule has 2 aromatic rings. The van der Waals surface area contributed by atoms with Crippen molar-refractivity contribution >= 4 is 29.0 Å². The van der Waals surface area contributed by atoms with E-state index in [0.29, 0.717) is 22.3 Å². The van der Waals surface area contributed by atoms with Crippen molar-refractivity contribution in [1.82, 2.24) is 9.88 Å². The summed E-state index contributed by atoms with van der Waals surface area (Å²) in [5.74, 6) is 0.981. The summed E-state index contributed by atoms with van der Waals surface area (Å²) in [6, 6.07) is 11.9. The fourth-order valence-electron chi connectivity index (χ4n) is 4.51. The highest BCUT2D eigenvalue weighted by Crippen LogP contribution is 2.28. The van der Waals surface area contributed by atoms with Gasteiger partial charge in [-0.25, -0.2) is 4.98 Å². The van der Waals surface area contributed by atoms with Gasteiger partial charge in [0.15, 0.2) is 0 Å². The standard InChI is InChI=1S/C23H29ClN4O/c24-18-9-10-22(26-16-18)27-23(29)20-7-3-4-8-21(20)25-15-17-11-13-28(14-12-17)19-5-1-2-6-19/h3-4,7-10,16-17,19,25H,1-2,5-6,11-15H2,(H,26,27,29). The van der Waals surface area contributed by atoms with Gasteiger partial charge in [0.1, 0.15) is 5.82 Å². The van der Waals surface area contributed by atoms with Crippen LogP contribution in [0.25, 0.3) is 0 Å². The molecule has 2 heterocycles. The molecule has 1 aliphatic carbocycles. The van der Waals surface area contributed by atoms with Gasteiger partial charge in [-0.2, -0.15) is 0 Å². The number of para-hydroxylation sites is 1. The van der Waals surface area contributed by atoms with Crippen molar-refractivity contribution < 1.29 is 4.79 Å². The molecule has 4 rings (SSSR count). The van der Waals surface area contributed by atoms with Gasteiger partial charge in [0.05, 0.1) is 10.6 Å². The lowest BCUT2D eigenvalue weighted by atomic mass is 9.95. The molecule has 1 saturated heterocycles. The first kappa shape index (κ1) is 20.2. The Bertz CT molecular complexity index is 812.